The monoisotopic (exact) mass is 198 g/mol. The number of aromatic amines is 1. The zero-order chi connectivity index (χ0) is 7.56. The van der Waals surface area contributed by atoms with E-state index >= 15 is 0 Å². The van der Waals surface area contributed by atoms with Crippen molar-refractivity contribution in [1.82, 2.24) is 10.2 Å². The molecule has 3 heteroatoms. The minimum absolute atomic E-state index is 0.0943. The zero-order valence-corrected chi connectivity index (χ0v) is 7.14. The Morgan fingerprint density at radius 2 is 2.60 bits per heavy atom. The summed E-state index contributed by atoms with van der Waals surface area (Å²) in [7, 11) is 0. The summed E-state index contributed by atoms with van der Waals surface area (Å²) in [6.07, 6.45) is 6.91. The summed E-state index contributed by atoms with van der Waals surface area (Å²) in [5.74, 6) is 2.70. The quantitative estimate of drug-likeness (QED) is 0.687. The van der Waals surface area contributed by atoms with Crippen molar-refractivity contribution in [3.63, 3.8) is 0 Å². The van der Waals surface area contributed by atoms with Gasteiger partial charge in [0, 0.05) is 0 Å². The van der Waals surface area contributed by atoms with Crippen molar-refractivity contribution in [2.75, 3.05) is 0 Å². The van der Waals surface area contributed by atoms with E-state index < -0.39 is 0 Å². The van der Waals surface area contributed by atoms with Crippen molar-refractivity contribution in [2.45, 2.75) is 12.8 Å². The summed E-state index contributed by atoms with van der Waals surface area (Å²) in [5.41, 5.74) is 0.961. The average molecular weight is 199 g/mol. The molecule has 1 unspecified atom stereocenters. The smallest absolute Gasteiger partial charge is 0.0641 e. The Hall–Kier alpha value is -0.750. The Bertz CT molecular complexity index is 259. The highest BCUT2D eigenvalue weighted by atomic mass is 79.9. The molecule has 0 spiro atoms. The molecule has 0 saturated heterocycles. The number of nitrogens with one attached hydrogen (secondary N) is 1. The Morgan fingerprint density at radius 3 is 3.00 bits per heavy atom. The third kappa shape index (κ3) is 1.22. The third-order valence-corrected chi connectivity index (χ3v) is 1.94. The molecule has 1 N–H and O–H groups in total. The Labute approximate surface area is 68.2 Å². The summed E-state index contributed by atoms with van der Waals surface area (Å²) in [6, 6.07) is 0. The molecular weight excluding hydrogens is 192 g/mol. The molecule has 1 heterocycles. The second-order valence-corrected chi connectivity index (χ2v) is 2.87. The largest absolute Gasteiger partial charge is 0.280 e. The van der Waals surface area contributed by atoms with E-state index in [1.54, 1.807) is 6.20 Å². The lowest BCUT2D eigenvalue weighted by Gasteiger charge is -1.98. The lowest BCUT2D eigenvalue weighted by atomic mass is 10.1. The van der Waals surface area contributed by atoms with Gasteiger partial charge in [-0.25, -0.2) is 0 Å². The van der Waals surface area contributed by atoms with Crippen LogP contribution in [0.5, 0.6) is 0 Å². The number of halogens is 1. The minimum atomic E-state index is 0.0943. The van der Waals surface area contributed by atoms with Gasteiger partial charge in [-0.05, 0) is 22.9 Å². The van der Waals surface area contributed by atoms with Crippen molar-refractivity contribution < 1.29 is 0 Å². The maximum atomic E-state index is 5.21. The minimum Gasteiger partial charge on any atom is -0.280 e. The van der Waals surface area contributed by atoms with E-state index in [1.165, 1.54) is 0 Å². The molecule has 1 atom stereocenters. The number of rotatable bonds is 1. The van der Waals surface area contributed by atoms with Crippen molar-refractivity contribution in [3.8, 4) is 12.3 Å². The van der Waals surface area contributed by atoms with Crippen LogP contribution in [-0.2, 0) is 0 Å². The molecular formula is C7H7BrN2. The van der Waals surface area contributed by atoms with E-state index in [1.807, 2.05) is 6.92 Å². The summed E-state index contributed by atoms with van der Waals surface area (Å²) >= 11 is 3.32. The summed E-state index contributed by atoms with van der Waals surface area (Å²) in [6.45, 7) is 1.94. The second-order valence-electron chi connectivity index (χ2n) is 2.02. The van der Waals surface area contributed by atoms with Crippen LogP contribution in [0.4, 0.5) is 0 Å². The van der Waals surface area contributed by atoms with E-state index in [4.69, 9.17) is 6.42 Å². The molecule has 0 fully saturated rings. The van der Waals surface area contributed by atoms with Crippen molar-refractivity contribution in [2.24, 2.45) is 0 Å². The van der Waals surface area contributed by atoms with Crippen molar-refractivity contribution in [1.29, 1.82) is 0 Å². The first-order chi connectivity index (χ1) is 4.75. The van der Waals surface area contributed by atoms with Gasteiger partial charge in [-0.1, -0.05) is 5.92 Å². The number of aromatic nitrogens is 2. The molecule has 52 valence electrons. The van der Waals surface area contributed by atoms with E-state index in [0.29, 0.717) is 0 Å². The van der Waals surface area contributed by atoms with E-state index in [9.17, 15) is 0 Å². The van der Waals surface area contributed by atoms with Gasteiger partial charge in [0.25, 0.3) is 0 Å². The first-order valence-corrected chi connectivity index (χ1v) is 3.70. The number of nitrogens with zero attached hydrogens (tertiary/aromatic N) is 1. The first kappa shape index (κ1) is 7.36. The molecule has 0 aromatic carbocycles. The average Bonchev–Trinajstić information content (AvgIpc) is 2.34. The van der Waals surface area contributed by atoms with Gasteiger partial charge >= 0.3 is 0 Å². The van der Waals surface area contributed by atoms with Gasteiger partial charge in [-0.15, -0.1) is 6.42 Å². The van der Waals surface area contributed by atoms with E-state index in [0.717, 1.165) is 10.2 Å². The molecule has 2 nitrogen and oxygen atoms in total. The fraction of sp³-hybridized carbons (Fsp3) is 0.286. The van der Waals surface area contributed by atoms with Crippen molar-refractivity contribution in [3.05, 3.63) is 16.4 Å². The molecule has 0 radical (unpaired) electrons. The topological polar surface area (TPSA) is 28.7 Å². The van der Waals surface area contributed by atoms with Crippen LogP contribution in [0.3, 0.4) is 0 Å². The van der Waals surface area contributed by atoms with Gasteiger partial charge in [0.05, 0.1) is 22.3 Å². The number of H-pyrrole nitrogens is 1. The molecule has 1 aromatic rings. The Balaban J connectivity index is 2.96. The number of hydrogen-bond donors (Lipinski definition) is 1. The maximum Gasteiger partial charge on any atom is 0.0641 e. The van der Waals surface area contributed by atoms with Crippen LogP contribution in [0.15, 0.2) is 10.7 Å². The fourth-order valence-electron chi connectivity index (χ4n) is 0.668. The Morgan fingerprint density at radius 1 is 1.90 bits per heavy atom. The lowest BCUT2D eigenvalue weighted by Crippen LogP contribution is -1.89. The van der Waals surface area contributed by atoms with Gasteiger partial charge in [0.2, 0.25) is 0 Å². The van der Waals surface area contributed by atoms with E-state index in [2.05, 4.69) is 32.0 Å². The highest BCUT2D eigenvalue weighted by Gasteiger charge is 2.06. The summed E-state index contributed by atoms with van der Waals surface area (Å²) in [5, 5.41) is 6.64. The highest BCUT2D eigenvalue weighted by molar-refractivity contribution is 9.10. The van der Waals surface area contributed by atoms with Crippen LogP contribution in [0.1, 0.15) is 18.5 Å². The predicted octanol–water partition coefficient (Wildman–Crippen LogP) is 1.91. The summed E-state index contributed by atoms with van der Waals surface area (Å²) in [4.78, 5) is 0. The van der Waals surface area contributed by atoms with Crippen LogP contribution < -0.4 is 0 Å². The molecule has 1 rings (SSSR count). The second kappa shape index (κ2) is 2.89. The third-order valence-electron chi connectivity index (χ3n) is 1.30. The van der Waals surface area contributed by atoms with Gasteiger partial charge in [-0.2, -0.15) is 5.10 Å². The normalized spacial score (nSPS) is 12.5. The van der Waals surface area contributed by atoms with Crippen LogP contribution in [-0.4, -0.2) is 10.2 Å². The fourth-order valence-corrected chi connectivity index (χ4v) is 1.20. The number of terminal acetylenes is 1. The molecule has 10 heavy (non-hydrogen) atoms. The standard InChI is InChI=1S/C7H7BrN2/c1-3-5(2)7-6(8)4-9-10-7/h1,4-5H,2H3,(H,9,10). The van der Waals surface area contributed by atoms with Gasteiger partial charge in [0.1, 0.15) is 0 Å². The van der Waals surface area contributed by atoms with Crippen LogP contribution in [0.2, 0.25) is 0 Å². The van der Waals surface area contributed by atoms with Gasteiger partial charge in [0.15, 0.2) is 0 Å². The Kier molecular flexibility index (Phi) is 2.13. The zero-order valence-electron chi connectivity index (χ0n) is 5.56. The van der Waals surface area contributed by atoms with E-state index in [-0.39, 0.29) is 5.92 Å². The molecule has 0 bridgehead atoms. The molecule has 0 aliphatic rings. The highest BCUT2D eigenvalue weighted by Crippen LogP contribution is 2.20. The van der Waals surface area contributed by atoms with Crippen LogP contribution in [0.25, 0.3) is 0 Å². The predicted molar refractivity (Wildman–Crippen MR) is 43.5 cm³/mol. The maximum absolute atomic E-state index is 5.21. The SMILES string of the molecule is C#CC(C)c1[nH]ncc1Br. The first-order valence-electron chi connectivity index (χ1n) is 2.90. The van der Waals surface area contributed by atoms with Gasteiger partial charge < -0.3 is 0 Å². The molecule has 0 saturated carbocycles. The molecule has 0 aliphatic carbocycles. The van der Waals surface area contributed by atoms with Gasteiger partial charge in [-0.3, -0.25) is 5.10 Å². The molecule has 0 aliphatic heterocycles. The molecule has 0 amide bonds. The molecule has 1 aromatic heterocycles. The number of hydrogen-bond acceptors (Lipinski definition) is 1. The van der Waals surface area contributed by atoms with Crippen molar-refractivity contribution >= 4 is 15.9 Å². The van der Waals surface area contributed by atoms with Crippen LogP contribution in [0, 0.1) is 12.3 Å². The lowest BCUT2D eigenvalue weighted by molar-refractivity contribution is 0.903. The van der Waals surface area contributed by atoms with Crippen LogP contribution >= 0.6 is 15.9 Å². The summed E-state index contributed by atoms with van der Waals surface area (Å²) < 4.78 is 0.943.